The van der Waals surface area contributed by atoms with Gasteiger partial charge in [0.15, 0.2) is 0 Å². The molecule has 2 aliphatic rings. The number of benzene rings is 1. The first-order valence-corrected chi connectivity index (χ1v) is 7.47. The van der Waals surface area contributed by atoms with Crippen molar-refractivity contribution in [1.82, 2.24) is 4.90 Å². The first kappa shape index (κ1) is 13.2. The highest BCUT2D eigenvalue weighted by Gasteiger charge is 2.52. The van der Waals surface area contributed by atoms with Crippen molar-refractivity contribution in [3.05, 3.63) is 35.4 Å². The van der Waals surface area contributed by atoms with Crippen molar-refractivity contribution in [1.29, 1.82) is 0 Å². The van der Waals surface area contributed by atoms with Gasteiger partial charge in [0.25, 0.3) is 0 Å². The molecule has 2 heteroatoms. The van der Waals surface area contributed by atoms with E-state index >= 15 is 0 Å². The van der Waals surface area contributed by atoms with Crippen molar-refractivity contribution < 1.29 is 4.79 Å². The lowest BCUT2D eigenvalue weighted by molar-refractivity contribution is -0.132. The van der Waals surface area contributed by atoms with E-state index in [1.165, 1.54) is 18.4 Å². The van der Waals surface area contributed by atoms with E-state index in [9.17, 15) is 4.79 Å². The van der Waals surface area contributed by atoms with Crippen molar-refractivity contribution in [3.8, 4) is 12.3 Å². The molecule has 0 bridgehead atoms. The Morgan fingerprint density at radius 3 is 2.65 bits per heavy atom. The van der Waals surface area contributed by atoms with Crippen LogP contribution in [0.4, 0.5) is 0 Å². The van der Waals surface area contributed by atoms with Crippen molar-refractivity contribution in [3.63, 3.8) is 0 Å². The molecule has 0 aromatic heterocycles. The summed E-state index contributed by atoms with van der Waals surface area (Å²) in [5.41, 5.74) is 2.39. The Morgan fingerprint density at radius 1 is 1.35 bits per heavy atom. The lowest BCUT2D eigenvalue weighted by Crippen LogP contribution is -2.32. The molecule has 0 unspecified atom stereocenters. The fourth-order valence-electron chi connectivity index (χ4n) is 3.01. The Morgan fingerprint density at radius 2 is 2.05 bits per heavy atom. The first-order chi connectivity index (χ1) is 9.69. The fourth-order valence-corrected chi connectivity index (χ4v) is 3.01. The molecule has 0 heterocycles. The summed E-state index contributed by atoms with van der Waals surface area (Å²) in [7, 11) is 0. The van der Waals surface area contributed by atoms with Gasteiger partial charge in [0, 0.05) is 12.5 Å². The Labute approximate surface area is 121 Å². The minimum atomic E-state index is 0.251. The summed E-state index contributed by atoms with van der Waals surface area (Å²) in [6.45, 7) is 3.12. The van der Waals surface area contributed by atoms with Crippen LogP contribution in [0.2, 0.25) is 0 Å². The molecule has 1 amide bonds. The number of amides is 1. The van der Waals surface area contributed by atoms with E-state index in [1.807, 2.05) is 4.90 Å². The van der Waals surface area contributed by atoms with Gasteiger partial charge in [-0.05, 0) is 43.6 Å². The lowest BCUT2D eigenvalue weighted by atomic mass is 10.1. The normalized spacial score (nSPS) is 24.0. The van der Waals surface area contributed by atoms with Crippen molar-refractivity contribution >= 4 is 5.91 Å². The zero-order valence-corrected chi connectivity index (χ0v) is 12.0. The highest BCUT2D eigenvalue weighted by atomic mass is 16.2. The molecule has 0 aliphatic heterocycles. The van der Waals surface area contributed by atoms with Crippen molar-refractivity contribution in [2.75, 3.05) is 6.54 Å². The average Bonchev–Trinajstić information content (AvgIpc) is 3.30. The predicted molar refractivity (Wildman–Crippen MR) is 79.8 cm³/mol. The van der Waals surface area contributed by atoms with E-state index < -0.39 is 0 Å². The minimum Gasteiger partial charge on any atom is -0.327 e. The van der Waals surface area contributed by atoms with Gasteiger partial charge in [-0.25, -0.2) is 0 Å². The summed E-state index contributed by atoms with van der Waals surface area (Å²) in [6.07, 6.45) is 9.15. The number of carbonyl (C=O) groups excluding carboxylic acids is 1. The van der Waals surface area contributed by atoms with Gasteiger partial charge in [-0.2, -0.15) is 0 Å². The second kappa shape index (κ2) is 5.32. The summed E-state index contributed by atoms with van der Waals surface area (Å²) >= 11 is 0. The van der Waals surface area contributed by atoms with Crippen LogP contribution in [-0.4, -0.2) is 17.4 Å². The molecular formula is C18H21NO. The van der Waals surface area contributed by atoms with E-state index in [2.05, 4.69) is 37.1 Å². The van der Waals surface area contributed by atoms with E-state index in [0.717, 1.165) is 17.9 Å². The quantitative estimate of drug-likeness (QED) is 0.751. The van der Waals surface area contributed by atoms with Gasteiger partial charge >= 0.3 is 0 Å². The predicted octanol–water partition coefficient (Wildman–Crippen LogP) is 3.00. The summed E-state index contributed by atoms with van der Waals surface area (Å²) in [5.74, 6) is 4.63. The topological polar surface area (TPSA) is 20.3 Å². The van der Waals surface area contributed by atoms with Gasteiger partial charge < -0.3 is 4.90 Å². The van der Waals surface area contributed by atoms with Gasteiger partial charge in [0.1, 0.15) is 0 Å². The van der Waals surface area contributed by atoms with Crippen molar-refractivity contribution in [2.24, 2.45) is 17.8 Å². The molecule has 2 fully saturated rings. The van der Waals surface area contributed by atoms with Crippen LogP contribution in [0, 0.1) is 37.0 Å². The maximum atomic E-state index is 12.5. The molecule has 1 aromatic carbocycles. The van der Waals surface area contributed by atoms with Crippen LogP contribution in [0.25, 0.3) is 0 Å². The summed E-state index contributed by atoms with van der Waals surface area (Å²) < 4.78 is 0. The third-order valence-electron chi connectivity index (χ3n) is 4.47. The molecule has 2 atom stereocenters. The summed E-state index contributed by atoms with van der Waals surface area (Å²) in [4.78, 5) is 14.4. The van der Waals surface area contributed by atoms with Crippen LogP contribution in [-0.2, 0) is 11.3 Å². The molecule has 3 rings (SSSR count). The average molecular weight is 267 g/mol. The molecule has 0 saturated heterocycles. The number of hydrogen-bond acceptors (Lipinski definition) is 1. The molecule has 0 N–H and O–H groups in total. The molecule has 0 spiro atoms. The largest absolute Gasteiger partial charge is 0.327 e. The first-order valence-electron chi connectivity index (χ1n) is 7.47. The molecule has 20 heavy (non-hydrogen) atoms. The molecule has 104 valence electrons. The van der Waals surface area contributed by atoms with E-state index in [4.69, 9.17) is 6.42 Å². The molecule has 2 aliphatic carbocycles. The zero-order chi connectivity index (χ0) is 14.1. The smallest absolute Gasteiger partial charge is 0.227 e. The number of hydrogen-bond donors (Lipinski definition) is 0. The Bertz CT molecular complexity index is 536. The molecular weight excluding hydrogens is 246 g/mol. The zero-order valence-electron chi connectivity index (χ0n) is 12.0. The molecule has 0 radical (unpaired) electrons. The molecule has 1 aromatic rings. The number of carbonyl (C=O) groups is 1. The molecule has 2 saturated carbocycles. The minimum absolute atomic E-state index is 0.251. The Kier molecular flexibility index (Phi) is 3.53. The van der Waals surface area contributed by atoms with Crippen LogP contribution in [0.3, 0.4) is 0 Å². The third kappa shape index (κ3) is 2.88. The van der Waals surface area contributed by atoms with Crippen LogP contribution in [0.5, 0.6) is 0 Å². The number of nitrogens with zero attached hydrogens (tertiary/aromatic N) is 1. The summed E-state index contributed by atoms with van der Waals surface area (Å²) in [6, 6.07) is 8.32. The SMILES string of the molecule is C#CCN(Cc1ccc(C)cc1)C(=O)[C@H]1C[C@@H]1C1CC1. The van der Waals surface area contributed by atoms with Gasteiger partial charge in [-0.1, -0.05) is 35.7 Å². The highest BCUT2D eigenvalue weighted by molar-refractivity contribution is 5.82. The van der Waals surface area contributed by atoms with E-state index in [0.29, 0.717) is 19.0 Å². The van der Waals surface area contributed by atoms with E-state index in [-0.39, 0.29) is 11.8 Å². The molecule has 2 nitrogen and oxygen atoms in total. The van der Waals surface area contributed by atoms with Crippen LogP contribution in [0.15, 0.2) is 24.3 Å². The fraction of sp³-hybridized carbons (Fsp3) is 0.500. The standard InChI is InChI=1S/C18H21NO/c1-3-10-19(12-14-6-4-13(2)5-7-14)18(20)17-11-16(17)15-8-9-15/h1,4-7,15-17H,8-12H2,2H3/t16-,17+/m1/s1. The number of terminal acetylenes is 1. The highest BCUT2D eigenvalue weighted by Crippen LogP contribution is 2.54. The Hall–Kier alpha value is -1.75. The summed E-state index contributed by atoms with van der Waals surface area (Å²) in [5, 5.41) is 0. The number of aryl methyl sites for hydroxylation is 1. The monoisotopic (exact) mass is 267 g/mol. The van der Waals surface area contributed by atoms with Crippen LogP contribution in [0.1, 0.15) is 30.4 Å². The van der Waals surface area contributed by atoms with Crippen LogP contribution < -0.4 is 0 Å². The van der Waals surface area contributed by atoms with Gasteiger partial charge in [-0.3, -0.25) is 4.79 Å². The third-order valence-corrected chi connectivity index (χ3v) is 4.47. The maximum absolute atomic E-state index is 12.5. The second-order valence-corrected chi connectivity index (χ2v) is 6.23. The Balaban J connectivity index is 1.64. The van der Waals surface area contributed by atoms with Gasteiger partial charge in [0.05, 0.1) is 6.54 Å². The van der Waals surface area contributed by atoms with Gasteiger partial charge in [-0.15, -0.1) is 6.42 Å². The van der Waals surface area contributed by atoms with Gasteiger partial charge in [0.2, 0.25) is 5.91 Å². The maximum Gasteiger partial charge on any atom is 0.227 e. The van der Waals surface area contributed by atoms with Crippen LogP contribution >= 0.6 is 0 Å². The van der Waals surface area contributed by atoms with E-state index in [1.54, 1.807) is 0 Å². The lowest BCUT2D eigenvalue weighted by Gasteiger charge is -2.20. The van der Waals surface area contributed by atoms with Crippen molar-refractivity contribution in [2.45, 2.75) is 32.7 Å². The second-order valence-electron chi connectivity index (χ2n) is 6.23. The number of rotatable bonds is 5.